The van der Waals surface area contributed by atoms with Gasteiger partial charge in [-0.25, -0.2) is 0 Å². The first kappa shape index (κ1) is 20.0. The number of guanidine groups is 1. The number of hydrogen-bond acceptors (Lipinski definition) is 3. The van der Waals surface area contributed by atoms with Crippen LogP contribution < -0.4 is 15.5 Å². The van der Waals surface area contributed by atoms with E-state index in [-0.39, 0.29) is 5.41 Å². The van der Waals surface area contributed by atoms with Crippen LogP contribution in [0, 0.1) is 11.3 Å². The fourth-order valence-electron chi connectivity index (χ4n) is 4.38. The Morgan fingerprint density at radius 1 is 1.22 bits per heavy atom. The number of benzene rings is 1. The van der Waals surface area contributed by atoms with Gasteiger partial charge in [-0.1, -0.05) is 39.0 Å². The van der Waals surface area contributed by atoms with Crippen molar-refractivity contribution in [2.75, 3.05) is 38.2 Å². The second-order valence-electron chi connectivity index (χ2n) is 8.92. The summed E-state index contributed by atoms with van der Waals surface area (Å²) in [7, 11) is 1.86. The molecule has 0 bridgehead atoms. The Labute approximate surface area is 164 Å². The van der Waals surface area contributed by atoms with Crippen LogP contribution in [-0.4, -0.2) is 51.4 Å². The lowest BCUT2D eigenvalue weighted by molar-refractivity contribution is -0.0835. The highest BCUT2D eigenvalue weighted by atomic mass is 16.5. The highest BCUT2D eigenvalue weighted by Crippen LogP contribution is 2.33. The second-order valence-corrected chi connectivity index (χ2v) is 8.92. The minimum atomic E-state index is 0.172. The van der Waals surface area contributed by atoms with Crippen LogP contribution in [0.25, 0.3) is 0 Å². The van der Waals surface area contributed by atoms with Crippen molar-refractivity contribution in [2.45, 2.75) is 52.2 Å². The molecule has 0 spiro atoms. The molecule has 2 aliphatic heterocycles. The van der Waals surface area contributed by atoms with Crippen LogP contribution in [-0.2, 0) is 4.74 Å². The van der Waals surface area contributed by atoms with Crippen molar-refractivity contribution in [1.29, 1.82) is 0 Å². The van der Waals surface area contributed by atoms with E-state index >= 15 is 0 Å². The first-order chi connectivity index (χ1) is 13.0. The fraction of sp³-hybridized carbons (Fsp3) is 0.682. The van der Waals surface area contributed by atoms with Crippen molar-refractivity contribution in [1.82, 2.24) is 10.6 Å². The number of nitrogens with zero attached hydrogens (tertiary/aromatic N) is 2. The normalized spacial score (nSPS) is 26.9. The van der Waals surface area contributed by atoms with Crippen LogP contribution in [0.15, 0.2) is 35.3 Å². The van der Waals surface area contributed by atoms with E-state index in [4.69, 9.17) is 4.74 Å². The van der Waals surface area contributed by atoms with Gasteiger partial charge in [0.25, 0.3) is 0 Å². The topological polar surface area (TPSA) is 48.9 Å². The largest absolute Gasteiger partial charge is 0.377 e. The van der Waals surface area contributed by atoms with Crippen LogP contribution in [0.4, 0.5) is 5.69 Å². The Hall–Kier alpha value is -1.75. The zero-order valence-electron chi connectivity index (χ0n) is 17.4. The standard InChI is InChI=1S/C22H36N4O/c1-22(2,3)20-17(9-8-14-27-20)15-24-21(23-4)25-18-12-13-26(16-18)19-10-6-5-7-11-19/h5-7,10-11,17-18,20H,8-9,12-16H2,1-4H3,(H2,23,24,25). The second kappa shape index (κ2) is 8.96. The molecule has 0 aromatic heterocycles. The number of ether oxygens (including phenoxy) is 1. The van der Waals surface area contributed by atoms with Crippen LogP contribution in [0.2, 0.25) is 0 Å². The Bertz CT molecular complexity index is 610. The average molecular weight is 373 g/mol. The van der Waals surface area contributed by atoms with Crippen molar-refractivity contribution < 1.29 is 4.74 Å². The fourth-order valence-corrected chi connectivity index (χ4v) is 4.38. The molecular weight excluding hydrogens is 336 g/mol. The number of para-hydroxylation sites is 1. The Kier molecular flexibility index (Phi) is 6.64. The zero-order chi connectivity index (χ0) is 19.3. The number of aliphatic imine (C=N–C) groups is 1. The van der Waals surface area contributed by atoms with Crippen molar-refractivity contribution in [3.05, 3.63) is 30.3 Å². The van der Waals surface area contributed by atoms with Gasteiger partial charge in [-0.05, 0) is 36.8 Å². The van der Waals surface area contributed by atoms with Gasteiger partial charge in [0.1, 0.15) is 0 Å². The third-order valence-corrected chi connectivity index (χ3v) is 5.70. The van der Waals surface area contributed by atoms with Gasteiger partial charge in [-0.2, -0.15) is 0 Å². The molecule has 3 atom stereocenters. The summed E-state index contributed by atoms with van der Waals surface area (Å²) in [6.45, 7) is 10.7. The van der Waals surface area contributed by atoms with E-state index in [1.807, 2.05) is 7.05 Å². The smallest absolute Gasteiger partial charge is 0.191 e. The lowest BCUT2D eigenvalue weighted by Crippen LogP contribution is -2.49. The molecule has 5 nitrogen and oxygen atoms in total. The van der Waals surface area contributed by atoms with Crippen LogP contribution in [0.3, 0.4) is 0 Å². The minimum Gasteiger partial charge on any atom is -0.377 e. The van der Waals surface area contributed by atoms with E-state index in [0.717, 1.165) is 45.0 Å². The van der Waals surface area contributed by atoms with Crippen molar-refractivity contribution in [3.8, 4) is 0 Å². The number of anilines is 1. The highest BCUT2D eigenvalue weighted by molar-refractivity contribution is 5.80. The molecule has 5 heteroatoms. The molecule has 150 valence electrons. The summed E-state index contributed by atoms with van der Waals surface area (Å²) in [5.41, 5.74) is 1.47. The molecule has 1 aromatic rings. The number of nitrogens with one attached hydrogen (secondary N) is 2. The Morgan fingerprint density at radius 2 is 2.00 bits per heavy atom. The van der Waals surface area contributed by atoms with Gasteiger partial charge in [-0.3, -0.25) is 4.99 Å². The molecule has 1 aromatic carbocycles. The van der Waals surface area contributed by atoms with Gasteiger partial charge in [0.2, 0.25) is 0 Å². The molecule has 3 rings (SSSR count). The van der Waals surface area contributed by atoms with E-state index in [0.29, 0.717) is 18.1 Å². The van der Waals surface area contributed by atoms with E-state index in [9.17, 15) is 0 Å². The molecule has 2 saturated heterocycles. The molecule has 2 heterocycles. The molecule has 0 aliphatic carbocycles. The minimum absolute atomic E-state index is 0.172. The van der Waals surface area contributed by atoms with Crippen LogP contribution in [0.1, 0.15) is 40.0 Å². The van der Waals surface area contributed by atoms with Crippen molar-refractivity contribution >= 4 is 11.6 Å². The third kappa shape index (κ3) is 5.38. The summed E-state index contributed by atoms with van der Waals surface area (Å²) in [4.78, 5) is 6.90. The molecular formula is C22H36N4O. The van der Waals surface area contributed by atoms with Crippen LogP contribution >= 0.6 is 0 Å². The molecule has 0 saturated carbocycles. The summed E-state index contributed by atoms with van der Waals surface area (Å²) < 4.78 is 6.11. The van der Waals surface area contributed by atoms with Crippen molar-refractivity contribution in [2.24, 2.45) is 16.3 Å². The maximum Gasteiger partial charge on any atom is 0.191 e. The van der Waals surface area contributed by atoms with Gasteiger partial charge in [0, 0.05) is 50.9 Å². The first-order valence-electron chi connectivity index (χ1n) is 10.4. The van der Waals surface area contributed by atoms with Gasteiger partial charge >= 0.3 is 0 Å². The third-order valence-electron chi connectivity index (χ3n) is 5.70. The summed E-state index contributed by atoms with van der Waals surface area (Å²) in [5, 5.41) is 7.18. The molecule has 0 radical (unpaired) electrons. The summed E-state index contributed by atoms with van der Waals surface area (Å²) >= 11 is 0. The van der Waals surface area contributed by atoms with Crippen molar-refractivity contribution in [3.63, 3.8) is 0 Å². The molecule has 0 amide bonds. The maximum absolute atomic E-state index is 6.11. The lowest BCUT2D eigenvalue weighted by atomic mass is 9.78. The summed E-state index contributed by atoms with van der Waals surface area (Å²) in [6.07, 6.45) is 3.81. The molecule has 2 N–H and O–H groups in total. The number of hydrogen-bond donors (Lipinski definition) is 2. The monoisotopic (exact) mass is 372 g/mol. The van der Waals surface area contributed by atoms with Gasteiger partial charge < -0.3 is 20.3 Å². The van der Waals surface area contributed by atoms with E-state index in [2.05, 4.69) is 71.6 Å². The predicted octanol–water partition coefficient (Wildman–Crippen LogP) is 3.27. The SMILES string of the molecule is CN=C(NCC1CCCOC1C(C)(C)C)NC1CCN(c2ccccc2)C1. The molecule has 2 fully saturated rings. The summed E-state index contributed by atoms with van der Waals surface area (Å²) in [6, 6.07) is 11.1. The van der Waals surface area contributed by atoms with E-state index in [1.54, 1.807) is 0 Å². The van der Waals surface area contributed by atoms with Gasteiger partial charge in [0.05, 0.1) is 6.10 Å². The predicted molar refractivity (Wildman–Crippen MR) is 113 cm³/mol. The highest BCUT2D eigenvalue weighted by Gasteiger charge is 2.35. The van der Waals surface area contributed by atoms with Crippen LogP contribution in [0.5, 0.6) is 0 Å². The van der Waals surface area contributed by atoms with E-state index < -0.39 is 0 Å². The van der Waals surface area contributed by atoms with E-state index in [1.165, 1.54) is 12.1 Å². The molecule has 3 unspecified atom stereocenters. The first-order valence-corrected chi connectivity index (χ1v) is 10.4. The van der Waals surface area contributed by atoms with Gasteiger partial charge in [0.15, 0.2) is 5.96 Å². The summed E-state index contributed by atoms with van der Waals surface area (Å²) in [5.74, 6) is 1.44. The zero-order valence-corrected chi connectivity index (χ0v) is 17.4. The quantitative estimate of drug-likeness (QED) is 0.629. The molecule has 27 heavy (non-hydrogen) atoms. The van der Waals surface area contributed by atoms with Gasteiger partial charge in [-0.15, -0.1) is 0 Å². The maximum atomic E-state index is 6.11. The number of rotatable bonds is 4. The lowest BCUT2D eigenvalue weighted by Gasteiger charge is -2.40. The average Bonchev–Trinajstić information content (AvgIpc) is 3.14. The molecule has 2 aliphatic rings. The Morgan fingerprint density at radius 3 is 2.70 bits per heavy atom. The Balaban J connectivity index is 1.50.